The normalized spacial score (nSPS) is 10.8. The lowest BCUT2D eigenvalue weighted by molar-refractivity contribution is 0.356. The molecule has 2 aromatic heterocycles. The van der Waals surface area contributed by atoms with E-state index in [9.17, 15) is 0 Å². The molecule has 0 aliphatic heterocycles. The Balaban J connectivity index is 2.17. The smallest absolute Gasteiger partial charge is 0.163 e. The summed E-state index contributed by atoms with van der Waals surface area (Å²) in [7, 11) is 3.21. The summed E-state index contributed by atoms with van der Waals surface area (Å²) in [6.07, 6.45) is 3.26. The Morgan fingerprint density at radius 3 is 2.61 bits per heavy atom. The number of nitrogens with one attached hydrogen (secondary N) is 1. The van der Waals surface area contributed by atoms with Crippen LogP contribution in [0.5, 0.6) is 11.5 Å². The van der Waals surface area contributed by atoms with Crippen LogP contribution >= 0.6 is 0 Å². The van der Waals surface area contributed by atoms with Gasteiger partial charge in [-0.3, -0.25) is 0 Å². The van der Waals surface area contributed by atoms with Crippen LogP contribution in [0.15, 0.2) is 35.1 Å². The molecular weight excluding hydrogens is 232 g/mol. The Labute approximate surface area is 103 Å². The van der Waals surface area contributed by atoms with Gasteiger partial charge >= 0.3 is 0 Å². The Morgan fingerprint density at radius 1 is 1.17 bits per heavy atom. The van der Waals surface area contributed by atoms with E-state index in [2.05, 4.69) is 9.97 Å². The average molecular weight is 244 g/mol. The van der Waals surface area contributed by atoms with E-state index in [-0.39, 0.29) is 0 Å². The Morgan fingerprint density at radius 2 is 1.94 bits per heavy atom. The van der Waals surface area contributed by atoms with Crippen molar-refractivity contribution in [1.82, 2.24) is 9.97 Å². The van der Waals surface area contributed by atoms with E-state index in [1.165, 1.54) is 0 Å². The van der Waals surface area contributed by atoms with Crippen molar-refractivity contribution >= 4 is 11.0 Å². The molecule has 5 heteroatoms. The van der Waals surface area contributed by atoms with E-state index in [1.54, 1.807) is 26.7 Å². The predicted octanol–water partition coefficient (Wildman–Crippen LogP) is 2.84. The molecule has 0 aliphatic rings. The highest BCUT2D eigenvalue weighted by molar-refractivity contribution is 5.82. The number of imidazole rings is 1. The van der Waals surface area contributed by atoms with Crippen LogP contribution in [0.4, 0.5) is 0 Å². The lowest BCUT2D eigenvalue weighted by Crippen LogP contribution is -1.89. The highest BCUT2D eigenvalue weighted by Crippen LogP contribution is 2.32. The third-order valence-corrected chi connectivity index (χ3v) is 2.78. The first kappa shape index (κ1) is 10.7. The monoisotopic (exact) mass is 244 g/mol. The van der Waals surface area contributed by atoms with Gasteiger partial charge in [0.05, 0.1) is 37.1 Å². The van der Waals surface area contributed by atoms with Crippen molar-refractivity contribution in [2.75, 3.05) is 14.2 Å². The minimum Gasteiger partial charge on any atom is -0.493 e. The molecule has 0 radical (unpaired) electrons. The molecule has 3 aromatic rings. The molecule has 0 amide bonds. The Hall–Kier alpha value is -2.43. The van der Waals surface area contributed by atoms with E-state index in [0.717, 1.165) is 22.4 Å². The molecule has 0 saturated carbocycles. The molecule has 1 aromatic carbocycles. The second-order valence-electron chi connectivity index (χ2n) is 3.82. The van der Waals surface area contributed by atoms with Gasteiger partial charge in [0.25, 0.3) is 0 Å². The maximum absolute atomic E-state index is 5.25. The number of ether oxygens (including phenoxy) is 2. The van der Waals surface area contributed by atoms with Gasteiger partial charge in [-0.25, -0.2) is 4.98 Å². The van der Waals surface area contributed by atoms with Gasteiger partial charge in [0.15, 0.2) is 11.5 Å². The minimum atomic E-state index is 0.662. The number of rotatable bonds is 3. The van der Waals surface area contributed by atoms with Gasteiger partial charge in [-0.05, 0) is 6.07 Å². The van der Waals surface area contributed by atoms with Gasteiger partial charge in [0.2, 0.25) is 0 Å². The molecule has 3 rings (SSSR count). The number of aromatic nitrogens is 2. The van der Waals surface area contributed by atoms with E-state index in [1.807, 2.05) is 18.2 Å². The van der Waals surface area contributed by atoms with E-state index in [4.69, 9.17) is 13.9 Å². The highest BCUT2D eigenvalue weighted by Gasteiger charge is 2.11. The molecule has 18 heavy (non-hydrogen) atoms. The molecule has 5 nitrogen and oxygen atoms in total. The summed E-state index contributed by atoms with van der Waals surface area (Å²) in [6, 6.07) is 5.56. The van der Waals surface area contributed by atoms with Crippen LogP contribution in [0.25, 0.3) is 22.4 Å². The lowest BCUT2D eigenvalue weighted by Gasteiger charge is -2.06. The number of nitrogens with zero attached hydrogens (tertiary/aromatic N) is 1. The van der Waals surface area contributed by atoms with Gasteiger partial charge in [-0.15, -0.1) is 0 Å². The summed E-state index contributed by atoms with van der Waals surface area (Å²) in [5.74, 6) is 2.09. The van der Waals surface area contributed by atoms with E-state index in [0.29, 0.717) is 11.5 Å². The third-order valence-electron chi connectivity index (χ3n) is 2.78. The molecule has 2 heterocycles. The quantitative estimate of drug-likeness (QED) is 0.769. The van der Waals surface area contributed by atoms with Crippen LogP contribution in [-0.4, -0.2) is 24.2 Å². The number of hydrogen-bond donors (Lipinski definition) is 1. The lowest BCUT2D eigenvalue weighted by atomic mass is 10.3. The Kier molecular flexibility index (Phi) is 2.44. The molecule has 1 N–H and O–H groups in total. The zero-order valence-electron chi connectivity index (χ0n) is 10.1. The van der Waals surface area contributed by atoms with Crippen molar-refractivity contribution in [3.8, 4) is 22.9 Å². The number of hydrogen-bond acceptors (Lipinski definition) is 4. The van der Waals surface area contributed by atoms with Crippen LogP contribution in [0.1, 0.15) is 0 Å². The number of fused-ring (bicyclic) bond motifs is 1. The molecule has 92 valence electrons. The number of furan rings is 1. The SMILES string of the molecule is COc1cc2nc(-c3ccoc3)[nH]c2cc1OC. The first-order valence-corrected chi connectivity index (χ1v) is 5.46. The van der Waals surface area contributed by atoms with E-state index >= 15 is 0 Å². The van der Waals surface area contributed by atoms with Crippen LogP contribution in [0.2, 0.25) is 0 Å². The number of benzene rings is 1. The van der Waals surface area contributed by atoms with Gasteiger partial charge in [0.1, 0.15) is 12.1 Å². The van der Waals surface area contributed by atoms with Crippen molar-refractivity contribution in [3.63, 3.8) is 0 Å². The largest absolute Gasteiger partial charge is 0.493 e. The summed E-state index contributed by atoms with van der Waals surface area (Å²) in [4.78, 5) is 7.71. The number of methoxy groups -OCH3 is 2. The number of H-pyrrole nitrogens is 1. The van der Waals surface area contributed by atoms with Crippen molar-refractivity contribution in [1.29, 1.82) is 0 Å². The summed E-state index contributed by atoms with van der Waals surface area (Å²) in [5, 5.41) is 0. The summed E-state index contributed by atoms with van der Waals surface area (Å²) in [6.45, 7) is 0. The van der Waals surface area contributed by atoms with Crippen molar-refractivity contribution in [2.45, 2.75) is 0 Å². The highest BCUT2D eigenvalue weighted by atomic mass is 16.5. The van der Waals surface area contributed by atoms with Crippen molar-refractivity contribution in [3.05, 3.63) is 30.7 Å². The van der Waals surface area contributed by atoms with Gasteiger partial charge in [0, 0.05) is 12.1 Å². The molecular formula is C13H12N2O3. The van der Waals surface area contributed by atoms with Crippen LogP contribution in [0.3, 0.4) is 0 Å². The molecule has 0 bridgehead atoms. The predicted molar refractivity (Wildman–Crippen MR) is 66.9 cm³/mol. The molecule has 0 spiro atoms. The summed E-state index contributed by atoms with van der Waals surface area (Å²) < 4.78 is 15.5. The topological polar surface area (TPSA) is 60.3 Å². The fourth-order valence-corrected chi connectivity index (χ4v) is 1.87. The maximum Gasteiger partial charge on any atom is 0.163 e. The minimum absolute atomic E-state index is 0.662. The van der Waals surface area contributed by atoms with Crippen molar-refractivity contribution in [2.24, 2.45) is 0 Å². The van der Waals surface area contributed by atoms with Gasteiger partial charge in [-0.1, -0.05) is 0 Å². The first-order valence-electron chi connectivity index (χ1n) is 5.46. The zero-order valence-corrected chi connectivity index (χ0v) is 10.1. The van der Waals surface area contributed by atoms with Crippen LogP contribution < -0.4 is 9.47 Å². The molecule has 0 fully saturated rings. The van der Waals surface area contributed by atoms with Crippen molar-refractivity contribution < 1.29 is 13.9 Å². The molecule has 0 unspecified atom stereocenters. The second kappa shape index (κ2) is 4.10. The third kappa shape index (κ3) is 1.60. The fraction of sp³-hybridized carbons (Fsp3) is 0.154. The van der Waals surface area contributed by atoms with Crippen LogP contribution in [-0.2, 0) is 0 Å². The summed E-state index contributed by atoms with van der Waals surface area (Å²) >= 11 is 0. The second-order valence-corrected chi connectivity index (χ2v) is 3.82. The number of aromatic amines is 1. The first-order chi connectivity index (χ1) is 8.81. The van der Waals surface area contributed by atoms with Gasteiger partial charge < -0.3 is 18.9 Å². The van der Waals surface area contributed by atoms with Crippen LogP contribution in [0, 0.1) is 0 Å². The molecule has 0 saturated heterocycles. The van der Waals surface area contributed by atoms with E-state index < -0.39 is 0 Å². The summed E-state index contributed by atoms with van der Waals surface area (Å²) in [5.41, 5.74) is 2.62. The molecule has 0 aliphatic carbocycles. The maximum atomic E-state index is 5.25. The Bertz CT molecular complexity index is 630. The zero-order chi connectivity index (χ0) is 12.5. The molecule has 0 atom stereocenters. The average Bonchev–Trinajstić information content (AvgIpc) is 3.04. The fourth-order valence-electron chi connectivity index (χ4n) is 1.87. The van der Waals surface area contributed by atoms with Gasteiger partial charge in [-0.2, -0.15) is 0 Å². The standard InChI is InChI=1S/C13H12N2O3/c1-16-11-5-9-10(6-12(11)17-2)15-13(14-9)8-3-4-18-7-8/h3-7H,1-2H3,(H,14,15).